The highest BCUT2D eigenvalue weighted by Gasteiger charge is 2.32. The first kappa shape index (κ1) is 14.2. The first-order chi connectivity index (χ1) is 9.56. The minimum absolute atomic E-state index is 0.588. The maximum absolute atomic E-state index is 10.9. The molecule has 0 amide bonds. The number of rotatable bonds is 2. The molecule has 0 radical (unpaired) electrons. The van der Waals surface area contributed by atoms with Crippen molar-refractivity contribution in [2.24, 2.45) is 5.92 Å². The van der Waals surface area contributed by atoms with Gasteiger partial charge in [-0.2, -0.15) is 0 Å². The molecule has 1 aromatic rings. The van der Waals surface area contributed by atoms with Gasteiger partial charge in [0.1, 0.15) is 5.75 Å². The molecule has 2 nitrogen and oxygen atoms in total. The molecule has 1 aliphatic carbocycles. The van der Waals surface area contributed by atoms with Crippen LogP contribution < -0.4 is 4.74 Å². The first-order valence-corrected chi connectivity index (χ1v) is 8.10. The number of benzene rings is 1. The second kappa shape index (κ2) is 5.57. The van der Waals surface area contributed by atoms with Crippen LogP contribution in [0.3, 0.4) is 0 Å². The van der Waals surface area contributed by atoms with E-state index in [1.807, 2.05) is 12.1 Å². The lowest BCUT2D eigenvalue weighted by Gasteiger charge is -2.27. The molecule has 3 heteroatoms. The van der Waals surface area contributed by atoms with Crippen LogP contribution in [0.2, 0.25) is 5.02 Å². The van der Waals surface area contributed by atoms with Gasteiger partial charge in [-0.25, -0.2) is 0 Å². The van der Waals surface area contributed by atoms with Crippen LogP contribution in [0.1, 0.15) is 50.2 Å². The van der Waals surface area contributed by atoms with Gasteiger partial charge in [0.15, 0.2) is 0 Å². The van der Waals surface area contributed by atoms with Crippen LogP contribution in [0.25, 0.3) is 0 Å². The van der Waals surface area contributed by atoms with Gasteiger partial charge in [-0.15, -0.1) is 0 Å². The summed E-state index contributed by atoms with van der Waals surface area (Å²) < 4.78 is 5.75. The van der Waals surface area contributed by atoms with Gasteiger partial charge in [0.25, 0.3) is 0 Å². The lowest BCUT2D eigenvalue weighted by molar-refractivity contribution is 0.0238. The third kappa shape index (κ3) is 2.96. The summed E-state index contributed by atoms with van der Waals surface area (Å²) in [6.07, 6.45) is 6.82. The molecule has 1 fully saturated rings. The summed E-state index contributed by atoms with van der Waals surface area (Å²) in [5.41, 5.74) is 1.69. The Hall–Kier alpha value is -0.730. The Morgan fingerprint density at radius 2 is 2.20 bits per heavy atom. The van der Waals surface area contributed by atoms with Gasteiger partial charge in [0.2, 0.25) is 0 Å². The molecular weight excluding hydrogens is 272 g/mol. The highest BCUT2D eigenvalue weighted by Crippen LogP contribution is 2.38. The Morgan fingerprint density at radius 1 is 1.35 bits per heavy atom. The fourth-order valence-electron chi connectivity index (χ4n) is 3.57. The molecule has 1 saturated carbocycles. The number of hydrogen-bond donors (Lipinski definition) is 1. The maximum atomic E-state index is 10.9. The Bertz CT molecular complexity index is 500. The number of ether oxygens (including phenoxy) is 1. The summed E-state index contributed by atoms with van der Waals surface area (Å²) in [4.78, 5) is 0. The molecule has 0 aromatic heterocycles. The normalized spacial score (nSPS) is 29.6. The van der Waals surface area contributed by atoms with Crippen LogP contribution in [0.5, 0.6) is 5.75 Å². The van der Waals surface area contributed by atoms with Crippen LogP contribution in [0.4, 0.5) is 0 Å². The Morgan fingerprint density at radius 3 is 3.05 bits per heavy atom. The van der Waals surface area contributed by atoms with Crippen molar-refractivity contribution in [2.75, 3.05) is 6.61 Å². The molecule has 2 aliphatic rings. The van der Waals surface area contributed by atoms with E-state index in [9.17, 15) is 5.11 Å². The Kier molecular flexibility index (Phi) is 3.96. The predicted octanol–water partition coefficient (Wildman–Crippen LogP) is 4.15. The SMILES string of the molecule is CC1CCCC(O)(Cc2cc(Cl)cc3c2OCC3)CC1. The van der Waals surface area contributed by atoms with Gasteiger partial charge in [-0.3, -0.25) is 0 Å². The highest BCUT2D eigenvalue weighted by molar-refractivity contribution is 6.30. The van der Waals surface area contributed by atoms with Gasteiger partial charge in [-0.05, 0) is 48.4 Å². The molecule has 20 heavy (non-hydrogen) atoms. The van der Waals surface area contributed by atoms with Crippen molar-refractivity contribution in [1.29, 1.82) is 0 Å². The second-order valence-electron chi connectivity index (χ2n) is 6.59. The summed E-state index contributed by atoms with van der Waals surface area (Å²) in [6.45, 7) is 3.02. The van der Waals surface area contributed by atoms with Crippen LogP contribution >= 0.6 is 11.6 Å². The van der Waals surface area contributed by atoms with Crippen LogP contribution in [-0.2, 0) is 12.8 Å². The summed E-state index contributed by atoms with van der Waals surface area (Å²) in [6, 6.07) is 3.96. The molecular formula is C17H23ClO2. The Balaban J connectivity index is 1.83. The van der Waals surface area contributed by atoms with Crippen molar-refractivity contribution < 1.29 is 9.84 Å². The molecule has 2 atom stereocenters. The molecule has 0 saturated heterocycles. The standard InChI is InChI=1S/C17H23ClO2/c1-12-3-2-6-17(19,7-4-12)11-14-10-15(18)9-13-5-8-20-16(13)14/h9-10,12,19H,2-8,11H2,1H3. The van der Waals surface area contributed by atoms with Crippen molar-refractivity contribution >= 4 is 11.6 Å². The predicted molar refractivity (Wildman–Crippen MR) is 81.6 cm³/mol. The highest BCUT2D eigenvalue weighted by atomic mass is 35.5. The van der Waals surface area contributed by atoms with E-state index in [1.165, 1.54) is 12.0 Å². The largest absolute Gasteiger partial charge is 0.493 e. The average Bonchev–Trinajstić information content (AvgIpc) is 2.78. The maximum Gasteiger partial charge on any atom is 0.126 e. The van der Waals surface area contributed by atoms with E-state index < -0.39 is 5.60 Å². The summed E-state index contributed by atoms with van der Waals surface area (Å²) in [5, 5.41) is 11.7. The fraction of sp³-hybridized carbons (Fsp3) is 0.647. The zero-order valence-electron chi connectivity index (χ0n) is 12.1. The van der Waals surface area contributed by atoms with Gasteiger partial charge < -0.3 is 9.84 Å². The van der Waals surface area contributed by atoms with Crippen LogP contribution in [0.15, 0.2) is 12.1 Å². The molecule has 0 spiro atoms. The second-order valence-corrected chi connectivity index (χ2v) is 7.03. The van der Waals surface area contributed by atoms with Crippen molar-refractivity contribution in [2.45, 2.75) is 57.5 Å². The van der Waals surface area contributed by atoms with E-state index in [0.717, 1.165) is 61.0 Å². The lowest BCUT2D eigenvalue weighted by Crippen LogP contribution is -2.30. The Labute approximate surface area is 126 Å². The van der Waals surface area contributed by atoms with E-state index in [1.54, 1.807) is 0 Å². The molecule has 3 rings (SSSR count). The van der Waals surface area contributed by atoms with Crippen molar-refractivity contribution in [3.05, 3.63) is 28.3 Å². The lowest BCUT2D eigenvalue weighted by atomic mass is 9.86. The molecule has 1 aromatic carbocycles. The number of fused-ring (bicyclic) bond motifs is 1. The van der Waals surface area contributed by atoms with E-state index in [4.69, 9.17) is 16.3 Å². The molecule has 1 N–H and O–H groups in total. The molecule has 2 unspecified atom stereocenters. The minimum Gasteiger partial charge on any atom is -0.493 e. The molecule has 0 bridgehead atoms. The summed E-state index contributed by atoms with van der Waals surface area (Å²) >= 11 is 6.21. The summed E-state index contributed by atoms with van der Waals surface area (Å²) in [5.74, 6) is 1.70. The van der Waals surface area contributed by atoms with Crippen molar-refractivity contribution in [3.63, 3.8) is 0 Å². The zero-order chi connectivity index (χ0) is 14.2. The quantitative estimate of drug-likeness (QED) is 0.830. The zero-order valence-corrected chi connectivity index (χ0v) is 12.9. The topological polar surface area (TPSA) is 29.5 Å². The molecule has 1 heterocycles. The van der Waals surface area contributed by atoms with Gasteiger partial charge in [0.05, 0.1) is 12.2 Å². The van der Waals surface area contributed by atoms with Crippen molar-refractivity contribution in [3.8, 4) is 5.75 Å². The third-order valence-corrected chi connectivity index (χ3v) is 5.00. The van der Waals surface area contributed by atoms with Gasteiger partial charge >= 0.3 is 0 Å². The number of halogens is 1. The first-order valence-electron chi connectivity index (χ1n) is 7.72. The van der Waals surface area contributed by atoms with E-state index in [2.05, 4.69) is 6.92 Å². The van der Waals surface area contributed by atoms with E-state index in [-0.39, 0.29) is 0 Å². The van der Waals surface area contributed by atoms with Crippen LogP contribution in [-0.4, -0.2) is 17.3 Å². The van der Waals surface area contributed by atoms with Gasteiger partial charge in [0, 0.05) is 17.9 Å². The fourth-order valence-corrected chi connectivity index (χ4v) is 3.84. The number of hydrogen-bond acceptors (Lipinski definition) is 2. The van der Waals surface area contributed by atoms with Crippen molar-refractivity contribution in [1.82, 2.24) is 0 Å². The smallest absolute Gasteiger partial charge is 0.126 e. The monoisotopic (exact) mass is 294 g/mol. The summed E-state index contributed by atoms with van der Waals surface area (Å²) in [7, 11) is 0. The third-order valence-electron chi connectivity index (χ3n) is 4.79. The van der Waals surface area contributed by atoms with E-state index >= 15 is 0 Å². The number of aliphatic hydroxyl groups is 1. The minimum atomic E-state index is -0.588. The van der Waals surface area contributed by atoms with Gasteiger partial charge in [-0.1, -0.05) is 31.4 Å². The van der Waals surface area contributed by atoms with E-state index in [0.29, 0.717) is 6.42 Å². The van der Waals surface area contributed by atoms with Crippen LogP contribution in [0, 0.1) is 5.92 Å². The molecule has 110 valence electrons. The molecule has 1 aliphatic heterocycles. The average molecular weight is 295 g/mol.